The van der Waals surface area contributed by atoms with E-state index in [2.05, 4.69) is 37.3 Å². The van der Waals surface area contributed by atoms with Crippen molar-refractivity contribution >= 4 is 0 Å². The summed E-state index contributed by atoms with van der Waals surface area (Å²) >= 11 is 0. The molecule has 0 aromatic heterocycles. The molecule has 0 saturated carbocycles. The van der Waals surface area contributed by atoms with Crippen molar-refractivity contribution in [2.24, 2.45) is 0 Å². The van der Waals surface area contributed by atoms with E-state index in [1.165, 1.54) is 16.7 Å². The second-order valence-electron chi connectivity index (χ2n) is 2.71. The Morgan fingerprint density at radius 2 is 1.91 bits per heavy atom. The Bertz CT molecular complexity index is 336. The van der Waals surface area contributed by atoms with Crippen LogP contribution in [0.4, 0.5) is 0 Å². The van der Waals surface area contributed by atoms with E-state index >= 15 is 0 Å². The van der Waals surface area contributed by atoms with Gasteiger partial charge in [-0.25, -0.2) is 0 Å². The van der Waals surface area contributed by atoms with Gasteiger partial charge in [-0.2, -0.15) is 0 Å². The number of hydrogen-bond acceptors (Lipinski definition) is 0. The maximum Gasteiger partial charge on any atom is -0.00989 e. The van der Waals surface area contributed by atoms with Gasteiger partial charge >= 0.3 is 0 Å². The van der Waals surface area contributed by atoms with Crippen molar-refractivity contribution < 1.29 is 0 Å². The second-order valence-corrected chi connectivity index (χ2v) is 2.71. The summed E-state index contributed by atoms with van der Waals surface area (Å²) in [5, 5.41) is 0. The van der Waals surface area contributed by atoms with Crippen LogP contribution in [-0.2, 0) is 0 Å². The maximum absolute atomic E-state index is 3.18. The van der Waals surface area contributed by atoms with Crippen LogP contribution in [0.3, 0.4) is 0 Å². The van der Waals surface area contributed by atoms with Gasteiger partial charge in [-0.3, -0.25) is 0 Å². The average molecular weight is 141 g/mol. The van der Waals surface area contributed by atoms with Gasteiger partial charge < -0.3 is 0 Å². The highest BCUT2D eigenvalue weighted by Crippen LogP contribution is 2.23. The fourth-order valence-corrected chi connectivity index (χ4v) is 1.31. The second kappa shape index (κ2) is 2.39. The monoisotopic (exact) mass is 141 g/mol. The Morgan fingerprint density at radius 1 is 1.09 bits per heavy atom. The zero-order valence-electron chi connectivity index (χ0n) is 6.46. The molecule has 0 N–H and O–H groups in total. The highest BCUT2D eigenvalue weighted by atomic mass is 14.0. The molecule has 2 aliphatic rings. The summed E-state index contributed by atoms with van der Waals surface area (Å²) in [6, 6.07) is 15.6. The molecule has 0 aliphatic heterocycles. The van der Waals surface area contributed by atoms with Crippen LogP contribution in [0.5, 0.6) is 0 Å². The summed E-state index contributed by atoms with van der Waals surface area (Å²) in [6.45, 7) is 2.12. The number of aryl methyl sites for hydroxylation is 1. The van der Waals surface area contributed by atoms with Gasteiger partial charge in [0.05, 0.1) is 0 Å². The molecule has 2 rings (SSSR count). The SMILES string of the molecule is Cc1ccccc2[c]ccc1-2. The first kappa shape index (κ1) is 6.41. The molecule has 0 bridgehead atoms. The van der Waals surface area contributed by atoms with Gasteiger partial charge in [-0.05, 0) is 29.7 Å². The number of rotatable bonds is 0. The summed E-state index contributed by atoms with van der Waals surface area (Å²) < 4.78 is 0. The summed E-state index contributed by atoms with van der Waals surface area (Å²) in [7, 11) is 0. The predicted molar refractivity (Wildman–Crippen MR) is 46.6 cm³/mol. The lowest BCUT2D eigenvalue weighted by Crippen LogP contribution is -1.70. The van der Waals surface area contributed by atoms with Crippen LogP contribution in [-0.4, -0.2) is 0 Å². The lowest BCUT2D eigenvalue weighted by Gasteiger charge is -1.93. The molecule has 0 spiro atoms. The average Bonchev–Trinajstić information content (AvgIpc) is 2.40. The number of fused-ring (bicyclic) bond motifs is 1. The predicted octanol–water partition coefficient (Wildman–Crippen LogP) is 2.90. The smallest absolute Gasteiger partial charge is 0.00989 e. The summed E-state index contributed by atoms with van der Waals surface area (Å²) in [4.78, 5) is 0. The molecule has 0 heterocycles. The Labute approximate surface area is 66.8 Å². The zero-order valence-corrected chi connectivity index (χ0v) is 6.46. The van der Waals surface area contributed by atoms with Gasteiger partial charge in [0.25, 0.3) is 0 Å². The van der Waals surface area contributed by atoms with Crippen molar-refractivity contribution in [3.8, 4) is 11.1 Å². The Hall–Kier alpha value is -1.30. The molecule has 2 aliphatic carbocycles. The normalized spacial score (nSPS) is 10.3. The molecule has 0 unspecified atom stereocenters. The lowest BCUT2D eigenvalue weighted by atomic mass is 10.1. The van der Waals surface area contributed by atoms with Crippen LogP contribution in [0, 0.1) is 13.0 Å². The van der Waals surface area contributed by atoms with Crippen LogP contribution in [0.2, 0.25) is 0 Å². The van der Waals surface area contributed by atoms with Crippen molar-refractivity contribution in [3.05, 3.63) is 48.0 Å². The molecule has 11 heavy (non-hydrogen) atoms. The van der Waals surface area contributed by atoms with Crippen molar-refractivity contribution in [2.75, 3.05) is 0 Å². The van der Waals surface area contributed by atoms with E-state index < -0.39 is 0 Å². The molecule has 53 valence electrons. The highest BCUT2D eigenvalue weighted by Gasteiger charge is 2.00. The Kier molecular flexibility index (Phi) is 1.39. The van der Waals surface area contributed by atoms with Crippen LogP contribution in [0.1, 0.15) is 5.56 Å². The summed E-state index contributed by atoms with van der Waals surface area (Å²) in [5.74, 6) is 0. The van der Waals surface area contributed by atoms with Gasteiger partial charge in [0.2, 0.25) is 0 Å². The van der Waals surface area contributed by atoms with Crippen LogP contribution in [0.15, 0.2) is 36.4 Å². The molecule has 0 aromatic rings. The highest BCUT2D eigenvalue weighted by molar-refractivity contribution is 5.68. The molecule has 0 heteroatoms. The number of hydrogen-bond donors (Lipinski definition) is 0. The minimum Gasteiger partial charge on any atom is -0.0620 e. The van der Waals surface area contributed by atoms with E-state index in [9.17, 15) is 0 Å². The van der Waals surface area contributed by atoms with E-state index in [-0.39, 0.29) is 0 Å². The minimum atomic E-state index is 1.20. The van der Waals surface area contributed by atoms with Gasteiger partial charge in [0.1, 0.15) is 0 Å². The lowest BCUT2D eigenvalue weighted by molar-refractivity contribution is 1.52. The summed E-state index contributed by atoms with van der Waals surface area (Å²) in [5.41, 5.74) is 3.81. The third-order valence-electron chi connectivity index (χ3n) is 1.92. The van der Waals surface area contributed by atoms with Gasteiger partial charge in [-0.1, -0.05) is 36.4 Å². The Morgan fingerprint density at radius 3 is 2.82 bits per heavy atom. The van der Waals surface area contributed by atoms with E-state index in [0.29, 0.717) is 0 Å². The Balaban J connectivity index is 2.78. The maximum atomic E-state index is 3.18. The molecule has 0 fully saturated rings. The van der Waals surface area contributed by atoms with Gasteiger partial charge in [-0.15, -0.1) is 0 Å². The van der Waals surface area contributed by atoms with Crippen LogP contribution >= 0.6 is 0 Å². The third kappa shape index (κ3) is 1.01. The topological polar surface area (TPSA) is 0 Å². The third-order valence-corrected chi connectivity index (χ3v) is 1.92. The van der Waals surface area contributed by atoms with E-state index in [1.807, 2.05) is 12.1 Å². The fraction of sp³-hybridized carbons (Fsp3) is 0.0909. The molecule has 0 atom stereocenters. The molecule has 0 aromatic carbocycles. The molecule has 0 nitrogen and oxygen atoms in total. The zero-order chi connectivity index (χ0) is 7.68. The van der Waals surface area contributed by atoms with Crippen LogP contribution in [0.25, 0.3) is 11.1 Å². The molecule has 0 amide bonds. The summed E-state index contributed by atoms with van der Waals surface area (Å²) in [6.07, 6.45) is 0. The van der Waals surface area contributed by atoms with Gasteiger partial charge in [0.15, 0.2) is 0 Å². The van der Waals surface area contributed by atoms with Crippen molar-refractivity contribution in [1.29, 1.82) is 0 Å². The first-order chi connectivity index (χ1) is 5.38. The van der Waals surface area contributed by atoms with E-state index in [4.69, 9.17) is 0 Å². The minimum absolute atomic E-state index is 1.20. The molecule has 1 radical (unpaired) electrons. The van der Waals surface area contributed by atoms with Gasteiger partial charge in [0, 0.05) is 0 Å². The van der Waals surface area contributed by atoms with Crippen molar-refractivity contribution in [2.45, 2.75) is 6.92 Å². The fourth-order valence-electron chi connectivity index (χ4n) is 1.31. The largest absolute Gasteiger partial charge is 0.0620 e. The molecular weight excluding hydrogens is 132 g/mol. The molecular formula is C11H9. The quantitative estimate of drug-likeness (QED) is 0.529. The van der Waals surface area contributed by atoms with Crippen LogP contribution < -0.4 is 0 Å². The van der Waals surface area contributed by atoms with Crippen molar-refractivity contribution in [3.63, 3.8) is 0 Å². The standard InChI is InChI=1S/C11H9/c1-9-5-2-3-6-10-7-4-8-11(9)10/h2-6,8H,1H3. The van der Waals surface area contributed by atoms with E-state index in [1.54, 1.807) is 0 Å². The first-order valence-electron chi connectivity index (χ1n) is 3.74. The molecule has 0 saturated heterocycles. The van der Waals surface area contributed by atoms with E-state index in [0.717, 1.165) is 0 Å². The van der Waals surface area contributed by atoms with Crippen molar-refractivity contribution in [1.82, 2.24) is 0 Å². The first-order valence-corrected chi connectivity index (χ1v) is 3.74.